The zero-order valence-electron chi connectivity index (χ0n) is 21.5. The number of ether oxygens (including phenoxy) is 1. The van der Waals surface area contributed by atoms with Crippen molar-refractivity contribution in [3.05, 3.63) is 64.2 Å². The molecule has 1 amide bonds. The largest absolute Gasteiger partial charge is 0.490 e. The minimum Gasteiger partial charge on any atom is -0.490 e. The van der Waals surface area contributed by atoms with Crippen LogP contribution in [0.5, 0.6) is 5.75 Å². The van der Waals surface area contributed by atoms with E-state index in [4.69, 9.17) is 21.6 Å². The highest BCUT2D eigenvalue weighted by molar-refractivity contribution is 6.31. The lowest BCUT2D eigenvalue weighted by atomic mass is 9.88. The Bertz CT molecular complexity index is 1090. The van der Waals surface area contributed by atoms with E-state index in [0.29, 0.717) is 35.3 Å². The molecule has 0 unspecified atom stereocenters. The molecule has 3 saturated heterocycles. The Balaban J connectivity index is 1.07. The average Bonchev–Trinajstić information content (AvgIpc) is 2.94. The Kier molecular flexibility index (Phi) is 8.66. The van der Waals surface area contributed by atoms with Crippen molar-refractivity contribution < 1.29 is 9.53 Å². The number of carbonyl (C=O) groups is 1. The monoisotopic (exact) mass is 520 g/mol. The quantitative estimate of drug-likeness (QED) is 0.575. The molecule has 3 fully saturated rings. The SMILES string of the molecule is N#Cc1ccc(OC2CCN(C(=O)c3ccc(C4CCN(CC5CCNCC5)CC4)cc3)CC2)cc1Cl. The van der Waals surface area contributed by atoms with Crippen LogP contribution in [0.15, 0.2) is 42.5 Å². The zero-order chi connectivity index (χ0) is 25.6. The number of hydrogen-bond donors (Lipinski definition) is 1. The standard InChI is InChI=1S/C30H37ClN4O2/c31-29-19-28(6-5-26(29)20-32)37-27-11-17-35(18-12-27)30(36)25-3-1-23(2-4-25)24-9-15-34(16-10-24)21-22-7-13-33-14-8-22/h1-6,19,22,24,27,33H,7-18,21H2. The molecule has 196 valence electrons. The van der Waals surface area contributed by atoms with E-state index in [1.165, 1.54) is 64.0 Å². The number of carbonyl (C=O) groups excluding carboxylic acids is 1. The first-order valence-electron chi connectivity index (χ1n) is 13.8. The predicted molar refractivity (Wildman–Crippen MR) is 146 cm³/mol. The van der Waals surface area contributed by atoms with Gasteiger partial charge in [0, 0.05) is 44.1 Å². The Morgan fingerprint density at radius 3 is 2.32 bits per heavy atom. The highest BCUT2D eigenvalue weighted by Crippen LogP contribution is 2.30. The van der Waals surface area contributed by atoms with Crippen molar-refractivity contribution in [3.63, 3.8) is 0 Å². The van der Waals surface area contributed by atoms with Crippen LogP contribution in [0, 0.1) is 17.2 Å². The minimum absolute atomic E-state index is 0.0380. The number of halogens is 1. The molecule has 0 atom stereocenters. The molecule has 2 aromatic rings. The van der Waals surface area contributed by atoms with Crippen molar-refractivity contribution >= 4 is 17.5 Å². The Hall–Kier alpha value is -2.59. The van der Waals surface area contributed by atoms with Crippen LogP contribution in [0.4, 0.5) is 0 Å². The molecule has 7 heteroatoms. The molecule has 5 rings (SSSR count). The predicted octanol–water partition coefficient (Wildman–Crippen LogP) is 5.07. The van der Waals surface area contributed by atoms with E-state index in [-0.39, 0.29) is 12.0 Å². The first-order valence-corrected chi connectivity index (χ1v) is 14.2. The van der Waals surface area contributed by atoms with E-state index in [1.807, 2.05) is 17.0 Å². The van der Waals surface area contributed by atoms with Crippen molar-refractivity contribution in [3.8, 4) is 11.8 Å². The maximum absolute atomic E-state index is 13.1. The second-order valence-corrected chi connectivity index (χ2v) is 11.2. The van der Waals surface area contributed by atoms with Gasteiger partial charge in [-0.2, -0.15) is 5.26 Å². The third kappa shape index (κ3) is 6.65. The number of nitrogens with zero attached hydrogens (tertiary/aromatic N) is 3. The van der Waals surface area contributed by atoms with Gasteiger partial charge < -0.3 is 19.9 Å². The van der Waals surface area contributed by atoms with Gasteiger partial charge in [0.2, 0.25) is 0 Å². The third-order valence-electron chi connectivity index (χ3n) is 8.28. The molecular weight excluding hydrogens is 484 g/mol. The molecule has 0 spiro atoms. The molecule has 37 heavy (non-hydrogen) atoms. The second-order valence-electron chi connectivity index (χ2n) is 10.8. The Morgan fingerprint density at radius 2 is 1.68 bits per heavy atom. The molecule has 0 radical (unpaired) electrons. The molecule has 2 aromatic carbocycles. The molecule has 1 N–H and O–H groups in total. The summed E-state index contributed by atoms with van der Waals surface area (Å²) in [5, 5.41) is 12.9. The van der Waals surface area contributed by atoms with E-state index < -0.39 is 0 Å². The topological polar surface area (TPSA) is 68.6 Å². The fourth-order valence-electron chi connectivity index (χ4n) is 5.99. The number of hydrogen-bond acceptors (Lipinski definition) is 5. The van der Waals surface area contributed by atoms with Crippen molar-refractivity contribution in [1.82, 2.24) is 15.1 Å². The molecule has 0 saturated carbocycles. The van der Waals surface area contributed by atoms with Gasteiger partial charge in [0.15, 0.2) is 0 Å². The van der Waals surface area contributed by atoms with Gasteiger partial charge >= 0.3 is 0 Å². The summed E-state index contributed by atoms with van der Waals surface area (Å²) in [7, 11) is 0. The van der Waals surface area contributed by atoms with E-state index in [1.54, 1.807) is 18.2 Å². The summed E-state index contributed by atoms with van der Waals surface area (Å²) in [6.07, 6.45) is 6.62. The fraction of sp³-hybridized carbons (Fsp3) is 0.533. The van der Waals surface area contributed by atoms with E-state index >= 15 is 0 Å². The van der Waals surface area contributed by atoms with Gasteiger partial charge in [-0.15, -0.1) is 0 Å². The number of rotatable bonds is 6. The van der Waals surface area contributed by atoms with Crippen LogP contribution in [0.25, 0.3) is 0 Å². The van der Waals surface area contributed by atoms with Crippen LogP contribution in [-0.2, 0) is 0 Å². The molecule has 0 bridgehead atoms. The fourth-order valence-corrected chi connectivity index (χ4v) is 6.20. The lowest BCUT2D eigenvalue weighted by Gasteiger charge is -2.35. The molecule has 3 aliphatic rings. The summed E-state index contributed by atoms with van der Waals surface area (Å²) < 4.78 is 6.06. The van der Waals surface area contributed by atoms with Gasteiger partial charge in [-0.3, -0.25) is 4.79 Å². The van der Waals surface area contributed by atoms with Gasteiger partial charge in [0.1, 0.15) is 17.9 Å². The van der Waals surface area contributed by atoms with Gasteiger partial charge in [0.25, 0.3) is 5.91 Å². The summed E-state index contributed by atoms with van der Waals surface area (Å²) in [5.74, 6) is 2.22. The van der Waals surface area contributed by atoms with Crippen LogP contribution >= 0.6 is 11.6 Å². The van der Waals surface area contributed by atoms with Crippen LogP contribution in [0.1, 0.15) is 65.9 Å². The minimum atomic E-state index is 0.0380. The number of piperidine rings is 3. The van der Waals surface area contributed by atoms with Crippen LogP contribution in [-0.4, -0.2) is 67.6 Å². The highest BCUT2D eigenvalue weighted by Gasteiger charge is 2.26. The van der Waals surface area contributed by atoms with E-state index in [9.17, 15) is 4.79 Å². The molecule has 0 aromatic heterocycles. The maximum Gasteiger partial charge on any atom is 0.253 e. The Labute approximate surface area is 225 Å². The first kappa shape index (κ1) is 26.0. The zero-order valence-corrected chi connectivity index (χ0v) is 22.3. The highest BCUT2D eigenvalue weighted by atomic mass is 35.5. The van der Waals surface area contributed by atoms with Gasteiger partial charge in [-0.1, -0.05) is 23.7 Å². The summed E-state index contributed by atoms with van der Waals surface area (Å²) >= 11 is 6.12. The number of nitrogens with one attached hydrogen (secondary N) is 1. The van der Waals surface area contributed by atoms with Crippen molar-refractivity contribution in [2.45, 2.75) is 50.5 Å². The van der Waals surface area contributed by atoms with Gasteiger partial charge in [-0.05, 0) is 93.5 Å². The maximum atomic E-state index is 13.1. The van der Waals surface area contributed by atoms with Crippen molar-refractivity contribution in [1.29, 1.82) is 5.26 Å². The van der Waals surface area contributed by atoms with E-state index in [2.05, 4.69) is 28.4 Å². The number of nitriles is 1. The first-order chi connectivity index (χ1) is 18.1. The lowest BCUT2D eigenvalue weighted by molar-refractivity contribution is 0.0595. The third-order valence-corrected chi connectivity index (χ3v) is 8.60. The number of benzene rings is 2. The number of amides is 1. The smallest absolute Gasteiger partial charge is 0.253 e. The van der Waals surface area contributed by atoms with Crippen LogP contribution in [0.2, 0.25) is 5.02 Å². The van der Waals surface area contributed by atoms with Crippen LogP contribution in [0.3, 0.4) is 0 Å². The lowest BCUT2D eigenvalue weighted by Crippen LogP contribution is -2.41. The number of likely N-dealkylation sites (tertiary alicyclic amines) is 2. The van der Waals surface area contributed by atoms with Crippen molar-refractivity contribution in [2.75, 3.05) is 45.8 Å². The Morgan fingerprint density at radius 1 is 0.973 bits per heavy atom. The molecule has 0 aliphatic carbocycles. The molecule has 3 aliphatic heterocycles. The van der Waals surface area contributed by atoms with Crippen LogP contribution < -0.4 is 10.1 Å². The van der Waals surface area contributed by atoms with Gasteiger partial charge in [0.05, 0.1) is 10.6 Å². The normalized spacial score (nSPS) is 20.5. The average molecular weight is 521 g/mol. The van der Waals surface area contributed by atoms with Crippen molar-refractivity contribution in [2.24, 2.45) is 5.92 Å². The second kappa shape index (κ2) is 12.3. The van der Waals surface area contributed by atoms with Gasteiger partial charge in [-0.25, -0.2) is 0 Å². The molecule has 3 heterocycles. The molecular formula is C30H37ClN4O2. The van der Waals surface area contributed by atoms with E-state index in [0.717, 1.165) is 24.3 Å². The summed E-state index contributed by atoms with van der Waals surface area (Å²) in [5.41, 5.74) is 2.58. The summed E-state index contributed by atoms with van der Waals surface area (Å²) in [6, 6.07) is 15.6. The molecule has 6 nitrogen and oxygen atoms in total. The summed E-state index contributed by atoms with van der Waals surface area (Å²) in [4.78, 5) is 17.7. The summed E-state index contributed by atoms with van der Waals surface area (Å²) in [6.45, 7) is 7.31.